The van der Waals surface area contributed by atoms with E-state index in [0.29, 0.717) is 19.4 Å². The quantitative estimate of drug-likeness (QED) is 0.822. The molecular weight excluding hydrogens is 367 g/mol. The molecule has 1 unspecified atom stereocenters. The fourth-order valence-corrected chi connectivity index (χ4v) is 3.93. The number of hydrogen-bond donors (Lipinski definition) is 1. The molecule has 150 valence electrons. The van der Waals surface area contributed by atoms with E-state index in [4.69, 9.17) is 0 Å². The molecule has 2 rings (SSSR count). The molecule has 0 aromatic heterocycles. The van der Waals surface area contributed by atoms with Crippen molar-refractivity contribution in [3.63, 3.8) is 0 Å². The first kappa shape index (κ1) is 21.4. The van der Waals surface area contributed by atoms with E-state index in [0.717, 1.165) is 17.2 Å². The monoisotopic (exact) mass is 396 g/mol. The van der Waals surface area contributed by atoms with Crippen LogP contribution >= 0.6 is 0 Å². The van der Waals surface area contributed by atoms with Crippen molar-refractivity contribution in [1.82, 2.24) is 10.2 Å². The summed E-state index contributed by atoms with van der Waals surface area (Å²) in [4.78, 5) is 14.5. The lowest BCUT2D eigenvalue weighted by molar-refractivity contribution is 0.0436. The van der Waals surface area contributed by atoms with E-state index in [-0.39, 0.29) is 18.0 Å². The van der Waals surface area contributed by atoms with Crippen LogP contribution in [0.1, 0.15) is 45.2 Å². The van der Waals surface area contributed by atoms with Crippen LogP contribution in [-0.4, -0.2) is 43.9 Å². The van der Waals surface area contributed by atoms with Gasteiger partial charge < -0.3 is 10.2 Å². The van der Waals surface area contributed by atoms with Gasteiger partial charge in [-0.15, -0.1) is 0 Å². The molecule has 1 N–H and O–H groups in total. The van der Waals surface area contributed by atoms with Crippen LogP contribution in [-0.2, 0) is 9.84 Å². The number of likely N-dealkylation sites (tertiary alicyclic amines) is 1. The molecule has 3 atom stereocenters. The predicted octanol–water partition coefficient (Wildman–Crippen LogP) is 3.84. The van der Waals surface area contributed by atoms with Crippen molar-refractivity contribution in [2.45, 2.75) is 51.4 Å². The van der Waals surface area contributed by atoms with Crippen molar-refractivity contribution in [2.75, 3.05) is 12.8 Å². The van der Waals surface area contributed by atoms with Gasteiger partial charge in [0.15, 0.2) is 9.84 Å². The lowest BCUT2D eigenvalue weighted by Crippen LogP contribution is -2.50. The molecule has 5 nitrogen and oxygen atoms in total. The fourth-order valence-electron chi connectivity index (χ4n) is 3.41. The van der Waals surface area contributed by atoms with Gasteiger partial charge in [0.05, 0.1) is 6.04 Å². The van der Waals surface area contributed by atoms with Gasteiger partial charge in [0.1, 0.15) is 5.67 Å². The van der Waals surface area contributed by atoms with E-state index < -0.39 is 21.5 Å². The first-order valence-electron chi connectivity index (χ1n) is 9.16. The maximum absolute atomic E-state index is 14.5. The predicted molar refractivity (Wildman–Crippen MR) is 106 cm³/mol. The van der Waals surface area contributed by atoms with E-state index in [1.165, 1.54) is 6.08 Å². The molecule has 0 aliphatic carbocycles. The molecule has 0 bridgehead atoms. The maximum atomic E-state index is 14.5. The number of nitrogens with zero attached hydrogens (tertiary/aromatic N) is 1. The Morgan fingerprint density at radius 2 is 1.96 bits per heavy atom. The largest absolute Gasteiger partial charge is 0.332 e. The van der Waals surface area contributed by atoms with Crippen LogP contribution in [0.25, 0.3) is 0 Å². The number of benzene rings is 1. The zero-order chi connectivity index (χ0) is 20.2. The van der Waals surface area contributed by atoms with Crippen LogP contribution in [0.3, 0.4) is 0 Å². The molecule has 1 fully saturated rings. The molecule has 1 saturated heterocycles. The Morgan fingerprint density at radius 3 is 2.52 bits per heavy atom. The Bertz CT molecular complexity index is 772. The Hall–Kier alpha value is -1.89. The molecule has 2 amide bonds. The lowest BCUT2D eigenvalue weighted by Gasteiger charge is -2.43. The fraction of sp³-hybridized carbons (Fsp3) is 0.550. The Labute approximate surface area is 161 Å². The van der Waals surface area contributed by atoms with Gasteiger partial charge in [0.25, 0.3) is 0 Å². The molecule has 1 heterocycles. The number of alkyl halides is 1. The molecule has 1 aromatic rings. The number of rotatable bonds is 5. The molecule has 1 aromatic carbocycles. The highest BCUT2D eigenvalue weighted by molar-refractivity contribution is 7.93. The van der Waals surface area contributed by atoms with E-state index >= 15 is 0 Å². The van der Waals surface area contributed by atoms with E-state index in [1.54, 1.807) is 25.7 Å². The standard InChI is InChI=1S/C20H29FN2O3S/c1-15(11-13-27(4,25)26)22-19(24)23-12-10-17(20(2,3)21)14-18(23)16-8-6-5-7-9-16/h5-9,11,13,15,17-18H,10,12,14H2,1-4H3,(H,22,24)/b13-11+/t15?,17-,18+/m0/s1. The number of sulfone groups is 1. The molecule has 0 saturated carbocycles. The van der Waals surface area contributed by atoms with E-state index in [1.807, 2.05) is 30.3 Å². The third-order valence-electron chi connectivity index (χ3n) is 4.98. The minimum Gasteiger partial charge on any atom is -0.332 e. The van der Waals surface area contributed by atoms with Crippen molar-refractivity contribution in [2.24, 2.45) is 5.92 Å². The van der Waals surface area contributed by atoms with Gasteiger partial charge in [0, 0.05) is 24.3 Å². The summed E-state index contributed by atoms with van der Waals surface area (Å²) in [6.07, 6.45) is 3.69. The van der Waals surface area contributed by atoms with Crippen LogP contribution in [0.2, 0.25) is 0 Å². The zero-order valence-corrected chi connectivity index (χ0v) is 17.2. The zero-order valence-electron chi connectivity index (χ0n) is 16.4. The Kier molecular flexibility index (Phi) is 6.68. The van der Waals surface area contributed by atoms with Crippen LogP contribution in [0.4, 0.5) is 9.18 Å². The van der Waals surface area contributed by atoms with E-state index in [9.17, 15) is 17.6 Å². The second kappa shape index (κ2) is 8.42. The second-order valence-electron chi connectivity index (χ2n) is 7.80. The van der Waals surface area contributed by atoms with Crippen molar-refractivity contribution in [3.05, 3.63) is 47.4 Å². The molecule has 1 aliphatic rings. The second-order valence-corrected chi connectivity index (χ2v) is 9.73. The van der Waals surface area contributed by atoms with Crippen LogP contribution in [0.5, 0.6) is 0 Å². The maximum Gasteiger partial charge on any atom is 0.318 e. The molecular formula is C20H29FN2O3S. The van der Waals surface area contributed by atoms with Gasteiger partial charge in [-0.05, 0) is 45.1 Å². The summed E-state index contributed by atoms with van der Waals surface area (Å²) in [6, 6.07) is 8.71. The number of hydrogen-bond acceptors (Lipinski definition) is 3. The highest BCUT2D eigenvalue weighted by atomic mass is 32.2. The van der Waals surface area contributed by atoms with Gasteiger partial charge in [-0.2, -0.15) is 0 Å². The summed E-state index contributed by atoms with van der Waals surface area (Å²) in [5, 5.41) is 3.91. The first-order chi connectivity index (χ1) is 12.5. The smallest absolute Gasteiger partial charge is 0.318 e. The van der Waals surface area contributed by atoms with Crippen molar-refractivity contribution in [3.8, 4) is 0 Å². The topological polar surface area (TPSA) is 66.5 Å². The Balaban J connectivity index is 2.17. The van der Waals surface area contributed by atoms with Crippen LogP contribution in [0.15, 0.2) is 41.8 Å². The van der Waals surface area contributed by atoms with Crippen molar-refractivity contribution < 1.29 is 17.6 Å². The summed E-state index contributed by atoms with van der Waals surface area (Å²) in [5.74, 6) is -0.130. The van der Waals surface area contributed by atoms with Crippen LogP contribution in [0, 0.1) is 5.92 Å². The summed E-state index contributed by atoms with van der Waals surface area (Å²) < 4.78 is 37.0. The minimum atomic E-state index is -3.24. The molecule has 7 heteroatoms. The normalized spacial score (nSPS) is 22.6. The number of amides is 2. The molecule has 27 heavy (non-hydrogen) atoms. The molecule has 0 radical (unpaired) electrons. The number of halogens is 1. The number of piperidine rings is 1. The molecule has 1 aliphatic heterocycles. The molecule has 0 spiro atoms. The van der Waals surface area contributed by atoms with Crippen LogP contribution < -0.4 is 5.32 Å². The average molecular weight is 397 g/mol. The number of carbonyl (C=O) groups is 1. The van der Waals surface area contributed by atoms with Gasteiger partial charge in [0.2, 0.25) is 0 Å². The number of urea groups is 1. The third-order valence-corrected chi connectivity index (χ3v) is 5.64. The van der Waals surface area contributed by atoms with E-state index in [2.05, 4.69) is 5.32 Å². The Morgan fingerprint density at radius 1 is 1.33 bits per heavy atom. The SMILES string of the molecule is CC(/C=C/S(C)(=O)=O)NC(=O)N1CC[C@H](C(C)(C)F)C[C@@H]1c1ccccc1. The van der Waals surface area contributed by atoms with Gasteiger partial charge in [-0.1, -0.05) is 36.4 Å². The average Bonchev–Trinajstić information content (AvgIpc) is 2.59. The van der Waals surface area contributed by atoms with Gasteiger partial charge in [-0.3, -0.25) is 0 Å². The highest BCUT2D eigenvalue weighted by Gasteiger charge is 2.39. The van der Waals surface area contributed by atoms with Crippen molar-refractivity contribution in [1.29, 1.82) is 0 Å². The number of carbonyl (C=O) groups excluding carboxylic acids is 1. The summed E-state index contributed by atoms with van der Waals surface area (Å²) in [5.41, 5.74) is -0.331. The van der Waals surface area contributed by atoms with Gasteiger partial charge in [-0.25, -0.2) is 17.6 Å². The first-order valence-corrected chi connectivity index (χ1v) is 11.1. The summed E-state index contributed by atoms with van der Waals surface area (Å²) >= 11 is 0. The number of nitrogens with one attached hydrogen (secondary N) is 1. The minimum absolute atomic E-state index is 0.130. The third kappa shape index (κ3) is 6.34. The lowest BCUT2D eigenvalue weighted by atomic mass is 9.79. The van der Waals surface area contributed by atoms with Crippen molar-refractivity contribution >= 4 is 15.9 Å². The summed E-state index contributed by atoms with van der Waals surface area (Å²) in [7, 11) is -3.24. The van der Waals surface area contributed by atoms with Gasteiger partial charge >= 0.3 is 6.03 Å². The summed E-state index contributed by atoms with van der Waals surface area (Å²) in [6.45, 7) is 5.35. The highest BCUT2D eigenvalue weighted by Crippen LogP contribution is 2.40.